The van der Waals surface area contributed by atoms with Gasteiger partial charge in [0.1, 0.15) is 10.5 Å². The Morgan fingerprint density at radius 2 is 2.05 bits per heavy atom. The summed E-state index contributed by atoms with van der Waals surface area (Å²) in [6.07, 6.45) is 2.56. The molecule has 1 fully saturated rings. The second-order valence-electron chi connectivity index (χ2n) is 5.00. The van der Waals surface area contributed by atoms with Crippen molar-refractivity contribution in [3.63, 3.8) is 0 Å². The molecule has 1 saturated carbocycles. The van der Waals surface area contributed by atoms with Gasteiger partial charge in [0.15, 0.2) is 0 Å². The largest absolute Gasteiger partial charge is 0.346 e. The Hall–Kier alpha value is -1.13. The molecule has 2 nitrogen and oxygen atoms in total. The number of hydrogen-bond donors (Lipinski definition) is 1. The monoisotopic (exact) mass is 288 g/mol. The molecule has 1 aliphatic rings. The highest BCUT2D eigenvalue weighted by Crippen LogP contribution is 2.39. The lowest BCUT2D eigenvalue weighted by molar-refractivity contribution is 0.925. The highest BCUT2D eigenvalue weighted by atomic mass is 32.2. The fourth-order valence-corrected chi connectivity index (χ4v) is 3.00. The van der Waals surface area contributed by atoms with Crippen LogP contribution in [0.1, 0.15) is 35.8 Å². The van der Waals surface area contributed by atoms with Crippen LogP contribution >= 0.6 is 24.0 Å². The molecular weight excluding hydrogens is 272 g/mol. The Morgan fingerprint density at radius 1 is 1.32 bits per heavy atom. The molecule has 1 N–H and O–H groups in total. The van der Waals surface area contributed by atoms with Crippen molar-refractivity contribution >= 4 is 24.0 Å². The van der Waals surface area contributed by atoms with E-state index >= 15 is 0 Å². The molecule has 0 unspecified atom stereocenters. The molecule has 0 amide bonds. The summed E-state index contributed by atoms with van der Waals surface area (Å²) in [5.41, 5.74) is 2.55. The van der Waals surface area contributed by atoms with Crippen molar-refractivity contribution in [1.29, 1.82) is 0 Å². The Kier molecular flexibility index (Phi) is 3.71. The summed E-state index contributed by atoms with van der Waals surface area (Å²) in [5, 5.41) is 0. The maximum Gasteiger partial charge on any atom is 0.130 e. The number of thioether (sulfide) groups is 1. The summed E-state index contributed by atoms with van der Waals surface area (Å²) in [7, 11) is 0. The SMILES string of the molecule is Cc1ccc(SCc2nc(=S)cc(C3CC3)[nH]2)cc1. The molecule has 0 bridgehead atoms. The summed E-state index contributed by atoms with van der Waals surface area (Å²) >= 11 is 7.03. The van der Waals surface area contributed by atoms with E-state index in [-0.39, 0.29) is 0 Å². The number of nitrogens with zero attached hydrogens (tertiary/aromatic N) is 1. The molecule has 1 aliphatic carbocycles. The van der Waals surface area contributed by atoms with E-state index in [1.807, 2.05) is 6.07 Å². The van der Waals surface area contributed by atoms with Crippen LogP contribution in [0.5, 0.6) is 0 Å². The molecule has 0 aliphatic heterocycles. The van der Waals surface area contributed by atoms with Gasteiger partial charge < -0.3 is 4.98 Å². The minimum absolute atomic E-state index is 0.688. The van der Waals surface area contributed by atoms with Gasteiger partial charge in [0.25, 0.3) is 0 Å². The molecule has 2 aromatic rings. The van der Waals surface area contributed by atoms with E-state index in [2.05, 4.69) is 41.2 Å². The highest BCUT2D eigenvalue weighted by molar-refractivity contribution is 7.98. The number of aryl methyl sites for hydroxylation is 1. The normalized spacial score (nSPS) is 14.6. The van der Waals surface area contributed by atoms with Crippen LogP contribution in [-0.4, -0.2) is 9.97 Å². The summed E-state index contributed by atoms with van der Waals surface area (Å²) in [6.45, 7) is 2.10. The molecular formula is C15H16N2S2. The number of aromatic amines is 1. The van der Waals surface area contributed by atoms with Crippen molar-refractivity contribution in [2.45, 2.75) is 36.3 Å². The van der Waals surface area contributed by atoms with Gasteiger partial charge in [-0.25, -0.2) is 4.98 Å². The van der Waals surface area contributed by atoms with E-state index < -0.39 is 0 Å². The maximum absolute atomic E-state index is 5.24. The van der Waals surface area contributed by atoms with E-state index in [1.54, 1.807) is 11.8 Å². The minimum Gasteiger partial charge on any atom is -0.346 e. The van der Waals surface area contributed by atoms with Crippen molar-refractivity contribution in [1.82, 2.24) is 9.97 Å². The molecule has 98 valence electrons. The first kappa shape index (κ1) is 12.9. The minimum atomic E-state index is 0.688. The van der Waals surface area contributed by atoms with Crippen molar-refractivity contribution in [3.8, 4) is 0 Å². The fourth-order valence-electron chi connectivity index (χ4n) is 2.00. The third-order valence-corrected chi connectivity index (χ3v) is 4.46. The first-order chi connectivity index (χ1) is 9.20. The summed E-state index contributed by atoms with van der Waals surface area (Å²) in [6, 6.07) is 10.6. The molecule has 1 heterocycles. The van der Waals surface area contributed by atoms with Gasteiger partial charge >= 0.3 is 0 Å². The number of rotatable bonds is 4. The third-order valence-electron chi connectivity index (χ3n) is 3.23. The number of aromatic nitrogens is 2. The summed E-state index contributed by atoms with van der Waals surface area (Å²) in [4.78, 5) is 9.11. The van der Waals surface area contributed by atoms with Crippen molar-refractivity contribution in [3.05, 3.63) is 52.1 Å². The molecule has 4 heteroatoms. The van der Waals surface area contributed by atoms with Crippen LogP contribution in [0.3, 0.4) is 0 Å². The van der Waals surface area contributed by atoms with E-state index in [1.165, 1.54) is 29.0 Å². The van der Waals surface area contributed by atoms with Crippen molar-refractivity contribution < 1.29 is 0 Å². The van der Waals surface area contributed by atoms with Gasteiger partial charge in [-0.05, 0) is 43.9 Å². The van der Waals surface area contributed by atoms with Crippen LogP contribution in [0.15, 0.2) is 35.2 Å². The summed E-state index contributed by atoms with van der Waals surface area (Å²) < 4.78 is 0.708. The zero-order valence-electron chi connectivity index (χ0n) is 10.8. The Labute approximate surface area is 122 Å². The molecule has 0 atom stereocenters. The smallest absolute Gasteiger partial charge is 0.130 e. The fraction of sp³-hybridized carbons (Fsp3) is 0.333. The molecule has 3 rings (SSSR count). The lowest BCUT2D eigenvalue weighted by Gasteiger charge is -2.05. The van der Waals surface area contributed by atoms with Gasteiger partial charge in [-0.3, -0.25) is 0 Å². The van der Waals surface area contributed by atoms with E-state index in [0.29, 0.717) is 10.6 Å². The standard InChI is InChI=1S/C15H16N2S2/c1-10-2-6-12(7-3-10)19-9-14-16-13(11-4-5-11)8-15(18)17-14/h2-3,6-8,11H,4-5,9H2,1H3,(H,16,17,18). The Morgan fingerprint density at radius 3 is 2.74 bits per heavy atom. The predicted octanol–water partition coefficient (Wildman–Crippen LogP) is 4.62. The van der Waals surface area contributed by atoms with E-state index in [4.69, 9.17) is 12.2 Å². The average Bonchev–Trinajstić information content (AvgIpc) is 3.22. The quantitative estimate of drug-likeness (QED) is 0.657. The number of hydrogen-bond acceptors (Lipinski definition) is 3. The van der Waals surface area contributed by atoms with Crippen LogP contribution in [0.2, 0.25) is 0 Å². The van der Waals surface area contributed by atoms with Gasteiger partial charge in [0, 0.05) is 10.6 Å². The second kappa shape index (κ2) is 5.47. The van der Waals surface area contributed by atoms with Crippen LogP contribution in [0.25, 0.3) is 0 Å². The first-order valence-corrected chi connectivity index (χ1v) is 7.90. The molecule has 1 aromatic carbocycles. The van der Waals surface area contributed by atoms with Gasteiger partial charge in [0.05, 0.1) is 5.75 Å². The molecule has 0 saturated heterocycles. The zero-order valence-corrected chi connectivity index (χ0v) is 12.5. The van der Waals surface area contributed by atoms with Gasteiger partial charge in [-0.2, -0.15) is 0 Å². The molecule has 1 aromatic heterocycles. The predicted molar refractivity (Wildman–Crippen MR) is 82.1 cm³/mol. The third kappa shape index (κ3) is 3.45. The van der Waals surface area contributed by atoms with Gasteiger partial charge in [0.2, 0.25) is 0 Å². The van der Waals surface area contributed by atoms with E-state index in [0.717, 1.165) is 11.6 Å². The van der Waals surface area contributed by atoms with Crippen LogP contribution < -0.4 is 0 Å². The van der Waals surface area contributed by atoms with Crippen LogP contribution in [-0.2, 0) is 5.75 Å². The zero-order chi connectivity index (χ0) is 13.2. The second-order valence-corrected chi connectivity index (χ2v) is 6.46. The van der Waals surface area contributed by atoms with E-state index in [9.17, 15) is 0 Å². The van der Waals surface area contributed by atoms with Crippen molar-refractivity contribution in [2.75, 3.05) is 0 Å². The topological polar surface area (TPSA) is 28.7 Å². The maximum atomic E-state index is 5.24. The first-order valence-electron chi connectivity index (χ1n) is 6.50. The number of H-pyrrole nitrogens is 1. The van der Waals surface area contributed by atoms with Crippen LogP contribution in [0, 0.1) is 11.6 Å². The Bertz CT molecular complexity index is 627. The number of nitrogens with one attached hydrogen (secondary N) is 1. The van der Waals surface area contributed by atoms with Gasteiger partial charge in [-0.15, -0.1) is 11.8 Å². The summed E-state index contributed by atoms with van der Waals surface area (Å²) in [5.74, 6) is 2.51. The lowest BCUT2D eigenvalue weighted by Crippen LogP contribution is -1.97. The molecule has 0 spiro atoms. The van der Waals surface area contributed by atoms with Crippen LogP contribution in [0.4, 0.5) is 0 Å². The van der Waals surface area contributed by atoms with Crippen molar-refractivity contribution in [2.24, 2.45) is 0 Å². The number of benzene rings is 1. The molecule has 19 heavy (non-hydrogen) atoms. The lowest BCUT2D eigenvalue weighted by atomic mass is 10.2. The molecule has 0 radical (unpaired) electrons. The average molecular weight is 288 g/mol. The highest BCUT2D eigenvalue weighted by Gasteiger charge is 2.24. The van der Waals surface area contributed by atoms with Gasteiger partial charge in [-0.1, -0.05) is 29.9 Å². The Balaban J connectivity index is 1.72.